The summed E-state index contributed by atoms with van der Waals surface area (Å²) in [5.74, 6) is -1.96. The number of carbonyl (C=O) groups excluding carboxylic acids is 1. The third-order valence-electron chi connectivity index (χ3n) is 3.22. The van der Waals surface area contributed by atoms with E-state index in [1.165, 1.54) is 29.3 Å². The van der Waals surface area contributed by atoms with Gasteiger partial charge in [0, 0.05) is 11.8 Å². The molecule has 0 spiro atoms. The first-order chi connectivity index (χ1) is 12.0. The molecule has 0 atom stereocenters. The zero-order valence-corrected chi connectivity index (χ0v) is 12.8. The van der Waals surface area contributed by atoms with E-state index < -0.39 is 11.9 Å². The fourth-order valence-electron chi connectivity index (χ4n) is 2.10. The SMILES string of the molecule is O=C(O)Cn1ccc(C(=O)Nc2ncn(Cc3ccccc3F)n2)n1. The Bertz CT molecular complexity index is 919. The molecular weight excluding hydrogens is 331 g/mol. The molecule has 0 unspecified atom stereocenters. The summed E-state index contributed by atoms with van der Waals surface area (Å²) in [4.78, 5) is 26.6. The number of hydrogen-bond donors (Lipinski definition) is 2. The van der Waals surface area contributed by atoms with Crippen LogP contribution in [0.25, 0.3) is 0 Å². The number of nitrogens with zero attached hydrogens (tertiary/aromatic N) is 5. The van der Waals surface area contributed by atoms with E-state index in [1.807, 2.05) is 0 Å². The van der Waals surface area contributed by atoms with Gasteiger partial charge in [0.1, 0.15) is 18.7 Å². The van der Waals surface area contributed by atoms with E-state index in [4.69, 9.17) is 5.11 Å². The highest BCUT2D eigenvalue weighted by Crippen LogP contribution is 2.09. The van der Waals surface area contributed by atoms with Gasteiger partial charge in [0.15, 0.2) is 5.69 Å². The van der Waals surface area contributed by atoms with E-state index >= 15 is 0 Å². The second kappa shape index (κ2) is 6.91. The van der Waals surface area contributed by atoms with Crippen LogP contribution in [0.2, 0.25) is 0 Å². The highest BCUT2D eigenvalue weighted by Gasteiger charge is 2.13. The maximum absolute atomic E-state index is 13.6. The number of benzene rings is 1. The topological polar surface area (TPSA) is 115 Å². The first kappa shape index (κ1) is 16.3. The molecule has 10 heteroatoms. The maximum atomic E-state index is 13.6. The molecule has 0 aliphatic carbocycles. The Morgan fingerprint density at radius 3 is 2.72 bits per heavy atom. The molecule has 128 valence electrons. The highest BCUT2D eigenvalue weighted by molar-refractivity contribution is 6.01. The quantitative estimate of drug-likeness (QED) is 0.689. The van der Waals surface area contributed by atoms with Crippen molar-refractivity contribution in [3.8, 4) is 0 Å². The van der Waals surface area contributed by atoms with Crippen molar-refractivity contribution >= 4 is 17.8 Å². The number of hydrogen-bond acceptors (Lipinski definition) is 5. The van der Waals surface area contributed by atoms with E-state index in [0.29, 0.717) is 5.56 Å². The number of carboxylic acid groups (broad SMARTS) is 1. The molecule has 0 aliphatic rings. The van der Waals surface area contributed by atoms with Gasteiger partial charge >= 0.3 is 5.97 Å². The lowest BCUT2D eigenvalue weighted by atomic mass is 10.2. The Kier molecular flexibility index (Phi) is 4.50. The van der Waals surface area contributed by atoms with Gasteiger partial charge in [0.05, 0.1) is 6.54 Å². The normalized spacial score (nSPS) is 10.6. The number of aliphatic carboxylic acids is 1. The van der Waals surface area contributed by atoms with Gasteiger partial charge in [-0.2, -0.15) is 5.10 Å². The van der Waals surface area contributed by atoms with Crippen LogP contribution in [-0.2, 0) is 17.9 Å². The van der Waals surface area contributed by atoms with E-state index in [-0.39, 0.29) is 30.5 Å². The predicted octanol–water partition coefficient (Wildman–Crippen LogP) is 0.999. The van der Waals surface area contributed by atoms with Crippen LogP contribution in [0.1, 0.15) is 16.1 Å². The second-order valence-corrected chi connectivity index (χ2v) is 5.10. The van der Waals surface area contributed by atoms with Gasteiger partial charge in [-0.3, -0.25) is 19.6 Å². The predicted molar refractivity (Wildman–Crippen MR) is 83.3 cm³/mol. The first-order valence-corrected chi connectivity index (χ1v) is 7.21. The van der Waals surface area contributed by atoms with Gasteiger partial charge in [-0.25, -0.2) is 14.1 Å². The molecule has 0 fully saturated rings. The number of halogens is 1. The Hall–Kier alpha value is -3.56. The summed E-state index contributed by atoms with van der Waals surface area (Å²) in [5.41, 5.74) is 0.476. The van der Waals surface area contributed by atoms with Gasteiger partial charge in [-0.1, -0.05) is 18.2 Å². The Labute approximate surface area is 140 Å². The lowest BCUT2D eigenvalue weighted by Gasteiger charge is -2.02. The number of nitrogens with one attached hydrogen (secondary N) is 1. The second-order valence-electron chi connectivity index (χ2n) is 5.10. The molecule has 1 amide bonds. The van der Waals surface area contributed by atoms with Crippen LogP contribution in [-0.4, -0.2) is 41.5 Å². The molecule has 3 aromatic rings. The molecule has 2 N–H and O–H groups in total. The third-order valence-corrected chi connectivity index (χ3v) is 3.22. The van der Waals surface area contributed by atoms with Crippen molar-refractivity contribution in [2.75, 3.05) is 5.32 Å². The monoisotopic (exact) mass is 344 g/mol. The number of amides is 1. The maximum Gasteiger partial charge on any atom is 0.325 e. The fourth-order valence-corrected chi connectivity index (χ4v) is 2.10. The Morgan fingerprint density at radius 2 is 1.96 bits per heavy atom. The lowest BCUT2D eigenvalue weighted by molar-refractivity contribution is -0.137. The molecule has 9 nitrogen and oxygen atoms in total. The zero-order chi connectivity index (χ0) is 17.8. The smallest absolute Gasteiger partial charge is 0.325 e. The van der Waals surface area contributed by atoms with Gasteiger partial charge in [0.25, 0.3) is 5.91 Å². The van der Waals surface area contributed by atoms with Crippen molar-refractivity contribution in [2.45, 2.75) is 13.1 Å². The first-order valence-electron chi connectivity index (χ1n) is 7.21. The molecular formula is C15H13FN6O3. The number of anilines is 1. The Morgan fingerprint density at radius 1 is 1.16 bits per heavy atom. The van der Waals surface area contributed by atoms with Crippen LogP contribution in [0.4, 0.5) is 10.3 Å². The summed E-state index contributed by atoms with van der Waals surface area (Å²) in [5, 5.41) is 19.0. The van der Waals surface area contributed by atoms with Crippen LogP contribution in [0.15, 0.2) is 42.9 Å². The van der Waals surface area contributed by atoms with E-state index in [2.05, 4.69) is 20.5 Å². The molecule has 0 saturated heterocycles. The van der Waals surface area contributed by atoms with Gasteiger partial charge < -0.3 is 5.11 Å². The average Bonchev–Trinajstić information content (AvgIpc) is 3.19. The van der Waals surface area contributed by atoms with Crippen molar-refractivity contribution in [3.05, 3.63) is 59.9 Å². The van der Waals surface area contributed by atoms with Crippen LogP contribution in [0, 0.1) is 5.82 Å². The minimum atomic E-state index is -1.07. The Balaban J connectivity index is 1.65. The standard InChI is InChI=1S/C15H13FN6O3/c16-11-4-2-1-3-10(11)7-22-9-17-15(20-22)18-14(25)12-5-6-21(19-12)8-13(23)24/h1-6,9H,7-8H2,(H,23,24)(H,18,20,25). The van der Waals surface area contributed by atoms with Crippen molar-refractivity contribution in [2.24, 2.45) is 0 Å². The summed E-state index contributed by atoms with van der Waals surface area (Å²) in [6.45, 7) is -0.175. The molecule has 2 aromatic heterocycles. The summed E-state index contributed by atoms with van der Waals surface area (Å²) < 4.78 is 16.1. The van der Waals surface area contributed by atoms with E-state index in [9.17, 15) is 14.0 Å². The average molecular weight is 344 g/mol. The van der Waals surface area contributed by atoms with E-state index in [1.54, 1.807) is 18.2 Å². The molecule has 2 heterocycles. The molecule has 0 aliphatic heterocycles. The molecule has 1 aromatic carbocycles. The van der Waals surface area contributed by atoms with Crippen molar-refractivity contribution < 1.29 is 19.1 Å². The lowest BCUT2D eigenvalue weighted by Crippen LogP contribution is -2.16. The molecule has 0 bridgehead atoms. The summed E-state index contributed by atoms with van der Waals surface area (Å²) in [7, 11) is 0. The van der Waals surface area contributed by atoms with Gasteiger partial charge in [-0.05, 0) is 12.1 Å². The van der Waals surface area contributed by atoms with Crippen LogP contribution in [0.3, 0.4) is 0 Å². The zero-order valence-electron chi connectivity index (χ0n) is 12.8. The number of rotatable bonds is 6. The fraction of sp³-hybridized carbons (Fsp3) is 0.133. The number of carboxylic acids is 1. The van der Waals surface area contributed by atoms with Crippen LogP contribution >= 0.6 is 0 Å². The molecule has 25 heavy (non-hydrogen) atoms. The third kappa shape index (κ3) is 4.05. The van der Waals surface area contributed by atoms with Gasteiger partial charge in [-0.15, -0.1) is 5.10 Å². The summed E-state index contributed by atoms with van der Waals surface area (Å²) in [6.07, 6.45) is 2.75. The molecule has 0 saturated carbocycles. The number of aromatic nitrogens is 5. The largest absolute Gasteiger partial charge is 0.480 e. The summed E-state index contributed by atoms with van der Waals surface area (Å²) in [6, 6.07) is 7.67. The highest BCUT2D eigenvalue weighted by atomic mass is 19.1. The van der Waals surface area contributed by atoms with Crippen LogP contribution in [0.5, 0.6) is 0 Å². The minimum Gasteiger partial charge on any atom is -0.480 e. The van der Waals surface area contributed by atoms with Crippen molar-refractivity contribution in [3.63, 3.8) is 0 Å². The number of carbonyl (C=O) groups is 2. The van der Waals surface area contributed by atoms with E-state index in [0.717, 1.165) is 4.68 Å². The van der Waals surface area contributed by atoms with Crippen LogP contribution < -0.4 is 5.32 Å². The molecule has 0 radical (unpaired) electrons. The van der Waals surface area contributed by atoms with Crippen molar-refractivity contribution in [1.29, 1.82) is 0 Å². The molecule has 3 rings (SSSR count). The summed E-state index contributed by atoms with van der Waals surface area (Å²) >= 11 is 0. The minimum absolute atomic E-state index is 0.0340. The van der Waals surface area contributed by atoms with Gasteiger partial charge in [0.2, 0.25) is 5.95 Å². The van der Waals surface area contributed by atoms with Crippen molar-refractivity contribution in [1.82, 2.24) is 24.5 Å².